The maximum atomic E-state index is 5.75. The van der Waals surface area contributed by atoms with Gasteiger partial charge in [0.2, 0.25) is 0 Å². The van der Waals surface area contributed by atoms with Crippen LogP contribution in [0.25, 0.3) is 137 Å². The average Bonchev–Trinajstić information content (AvgIpc) is 4.07. The molecule has 0 N–H and O–H groups in total. The Balaban J connectivity index is 1.12. The molecule has 0 amide bonds. The molecule has 0 saturated heterocycles. The number of thiophene rings is 1. The minimum Gasteiger partial charge on any atom is -0.309 e. The molecule has 14 aromatic rings. The summed E-state index contributed by atoms with van der Waals surface area (Å²) in [5, 5.41) is 8.35. The highest BCUT2D eigenvalue weighted by Gasteiger charge is 2.30. The van der Waals surface area contributed by atoms with Crippen molar-refractivity contribution in [1.82, 2.24) is 23.7 Å². The van der Waals surface area contributed by atoms with Gasteiger partial charge in [-0.3, -0.25) is 4.57 Å². The van der Waals surface area contributed by atoms with E-state index in [1.165, 1.54) is 81.5 Å². The highest BCUT2D eigenvalue weighted by molar-refractivity contribution is 7.25. The van der Waals surface area contributed by atoms with E-state index in [0.717, 1.165) is 55.0 Å². The molecule has 0 spiro atoms. The third-order valence-electron chi connectivity index (χ3n) is 13.6. The lowest BCUT2D eigenvalue weighted by atomic mass is 9.91. The molecule has 6 heterocycles. The van der Waals surface area contributed by atoms with Gasteiger partial charge in [-0.1, -0.05) is 146 Å². The predicted molar refractivity (Wildman–Crippen MR) is 268 cm³/mol. The van der Waals surface area contributed by atoms with Gasteiger partial charge in [0.15, 0.2) is 5.82 Å². The van der Waals surface area contributed by atoms with E-state index < -0.39 is 0 Å². The van der Waals surface area contributed by atoms with Crippen LogP contribution in [0, 0.1) is 0 Å². The van der Waals surface area contributed by atoms with E-state index in [4.69, 9.17) is 9.97 Å². The zero-order valence-electron chi connectivity index (χ0n) is 34.2. The van der Waals surface area contributed by atoms with Gasteiger partial charge >= 0.3 is 0 Å². The van der Waals surface area contributed by atoms with Crippen molar-refractivity contribution in [2.24, 2.45) is 0 Å². The van der Waals surface area contributed by atoms with Crippen LogP contribution >= 0.6 is 11.3 Å². The zero-order valence-corrected chi connectivity index (χ0v) is 35.0. The Kier molecular flexibility index (Phi) is 6.77. The Labute approximate surface area is 370 Å². The van der Waals surface area contributed by atoms with E-state index in [0.29, 0.717) is 0 Å². The lowest BCUT2D eigenvalue weighted by Crippen LogP contribution is -2.03. The molecule has 0 fully saturated rings. The molecule has 1 aliphatic heterocycles. The van der Waals surface area contributed by atoms with Crippen molar-refractivity contribution in [3.63, 3.8) is 0 Å². The van der Waals surface area contributed by atoms with Gasteiger partial charge < -0.3 is 9.13 Å². The van der Waals surface area contributed by atoms with Crippen LogP contribution in [0.3, 0.4) is 0 Å². The second kappa shape index (κ2) is 12.6. The lowest BCUT2D eigenvalue weighted by molar-refractivity contribution is 1.09. The highest BCUT2D eigenvalue weighted by Crippen LogP contribution is 2.52. The van der Waals surface area contributed by atoms with Crippen LogP contribution in [0.4, 0.5) is 0 Å². The average molecular weight is 832 g/mol. The maximum absolute atomic E-state index is 5.75. The van der Waals surface area contributed by atoms with E-state index in [1.54, 1.807) is 11.3 Å². The minimum atomic E-state index is 0.812. The molecular formula is C58H33N5S. The molecule has 0 bridgehead atoms. The fourth-order valence-electron chi connectivity index (χ4n) is 11.0. The van der Waals surface area contributed by atoms with Gasteiger partial charge in [0, 0.05) is 64.8 Å². The van der Waals surface area contributed by atoms with E-state index in [2.05, 4.69) is 214 Å². The van der Waals surface area contributed by atoms with E-state index in [9.17, 15) is 0 Å². The summed E-state index contributed by atoms with van der Waals surface area (Å²) in [4.78, 5) is 12.4. The van der Waals surface area contributed by atoms with Gasteiger partial charge in [-0.15, -0.1) is 11.3 Å². The Morgan fingerprint density at radius 2 is 1.00 bits per heavy atom. The summed E-state index contributed by atoms with van der Waals surface area (Å²) < 4.78 is 8.48. The van der Waals surface area contributed by atoms with Gasteiger partial charge in [-0.05, 0) is 65.7 Å². The summed E-state index contributed by atoms with van der Waals surface area (Å²) in [6.45, 7) is 0. The number of hydrogen-bond donors (Lipinski definition) is 0. The molecule has 6 heteroatoms. The van der Waals surface area contributed by atoms with Gasteiger partial charge in [0.05, 0.1) is 38.8 Å². The fraction of sp³-hybridized carbons (Fsp3) is 0. The van der Waals surface area contributed by atoms with Crippen molar-refractivity contribution >= 4 is 97.2 Å². The first-order valence-electron chi connectivity index (χ1n) is 21.8. The van der Waals surface area contributed by atoms with E-state index in [-0.39, 0.29) is 0 Å². The Morgan fingerprint density at radius 3 is 1.81 bits per heavy atom. The van der Waals surface area contributed by atoms with Crippen LogP contribution in [0.15, 0.2) is 200 Å². The minimum absolute atomic E-state index is 0.812. The van der Waals surface area contributed by atoms with E-state index in [1.807, 2.05) is 0 Å². The number of benzene rings is 9. The molecule has 0 unspecified atom stereocenters. The number of hydrogen-bond acceptors (Lipinski definition) is 3. The third-order valence-corrected chi connectivity index (χ3v) is 14.6. The number of rotatable bonds is 3. The summed E-state index contributed by atoms with van der Waals surface area (Å²) in [6, 6.07) is 72.9. The first-order chi connectivity index (χ1) is 31.8. The molecule has 64 heavy (non-hydrogen) atoms. The molecule has 0 radical (unpaired) electrons. The summed E-state index contributed by atoms with van der Waals surface area (Å²) >= 11 is 1.71. The summed E-state index contributed by atoms with van der Waals surface area (Å²) in [6.07, 6.45) is 0. The molecule has 1 aliphatic rings. The fourth-order valence-corrected chi connectivity index (χ4v) is 12.0. The summed E-state index contributed by atoms with van der Waals surface area (Å²) in [5.41, 5.74) is 16.9. The SMILES string of the molecule is c1ccc(-n2c3ccccc3c3ccc(-c4nc5c(nc4-n4c6ccccc6c6c7c8c(cc64)c4ccccc4n8-c4ccccc4-c4ccccc4-7)sc4ccccc45)cc32)cc1. The highest BCUT2D eigenvalue weighted by atomic mass is 32.1. The van der Waals surface area contributed by atoms with Gasteiger partial charge in [-0.25, -0.2) is 9.97 Å². The van der Waals surface area contributed by atoms with Gasteiger partial charge in [0.1, 0.15) is 16.0 Å². The molecule has 9 aromatic carbocycles. The molecule has 5 aromatic heterocycles. The monoisotopic (exact) mass is 831 g/mol. The van der Waals surface area contributed by atoms with Crippen LogP contribution < -0.4 is 0 Å². The Morgan fingerprint density at radius 1 is 0.391 bits per heavy atom. The van der Waals surface area contributed by atoms with Crippen LogP contribution in [0.1, 0.15) is 0 Å². The summed E-state index contributed by atoms with van der Waals surface area (Å²) in [5.74, 6) is 0.812. The van der Waals surface area contributed by atoms with Crippen LogP contribution in [0.2, 0.25) is 0 Å². The van der Waals surface area contributed by atoms with Crippen molar-refractivity contribution in [2.75, 3.05) is 0 Å². The summed E-state index contributed by atoms with van der Waals surface area (Å²) in [7, 11) is 0. The number of nitrogens with zero attached hydrogens (tertiary/aromatic N) is 5. The first kappa shape index (κ1) is 34.3. The van der Waals surface area contributed by atoms with Gasteiger partial charge in [0.25, 0.3) is 0 Å². The van der Waals surface area contributed by atoms with Crippen LogP contribution in [0.5, 0.6) is 0 Å². The maximum Gasteiger partial charge on any atom is 0.166 e. The number of para-hydroxylation sites is 5. The van der Waals surface area contributed by atoms with Crippen molar-refractivity contribution in [2.45, 2.75) is 0 Å². The topological polar surface area (TPSA) is 40.6 Å². The normalized spacial score (nSPS) is 12.4. The zero-order chi connectivity index (χ0) is 41.6. The van der Waals surface area contributed by atoms with Crippen molar-refractivity contribution in [1.29, 1.82) is 0 Å². The van der Waals surface area contributed by atoms with Crippen LogP contribution in [-0.2, 0) is 0 Å². The molecule has 0 aliphatic carbocycles. The third kappa shape index (κ3) is 4.46. The van der Waals surface area contributed by atoms with Crippen molar-refractivity contribution in [3.05, 3.63) is 200 Å². The Hall–Kier alpha value is -8.32. The Bertz CT molecular complexity index is 4320. The molecule has 0 saturated carbocycles. The second-order valence-corrected chi connectivity index (χ2v) is 17.9. The largest absolute Gasteiger partial charge is 0.309 e. The first-order valence-corrected chi connectivity index (χ1v) is 22.6. The predicted octanol–water partition coefficient (Wildman–Crippen LogP) is 15.5. The lowest BCUT2D eigenvalue weighted by Gasteiger charge is -2.15. The van der Waals surface area contributed by atoms with Crippen molar-refractivity contribution in [3.8, 4) is 50.7 Å². The molecule has 15 rings (SSSR count). The quantitative estimate of drug-likeness (QED) is 0.178. The van der Waals surface area contributed by atoms with Crippen molar-refractivity contribution < 1.29 is 0 Å². The van der Waals surface area contributed by atoms with Gasteiger partial charge in [-0.2, -0.15) is 0 Å². The standard InChI is InChI=1S/C58H33N5S/c1-2-16-35(17-3-1)61-45-25-11-7-20-38(45)40-31-30-34(32-49(40)61)54-57(60-58-55(59-54)43-24-10-15-29-51(43)64-58)63-48-28-14-9-23-42(48)52-50(63)33-44-39-21-8-13-27-47(39)62-46-26-12-6-19-37(46)36-18-4-5-22-41(36)53(52)56(44)62/h1-33H. The smallest absolute Gasteiger partial charge is 0.166 e. The molecule has 5 nitrogen and oxygen atoms in total. The van der Waals surface area contributed by atoms with Crippen LogP contribution in [-0.4, -0.2) is 23.7 Å². The molecule has 296 valence electrons. The number of aromatic nitrogens is 5. The molecular weight excluding hydrogens is 799 g/mol. The number of fused-ring (bicyclic) bond motifs is 18. The van der Waals surface area contributed by atoms with E-state index >= 15 is 0 Å². The molecule has 0 atom stereocenters. The second-order valence-electron chi connectivity index (χ2n) is 16.9.